The van der Waals surface area contributed by atoms with Crippen LogP contribution in [0.15, 0.2) is 29.2 Å². The Balaban J connectivity index is 2.02. The zero-order chi connectivity index (χ0) is 19.3. The number of ether oxygens (including phenoxy) is 1. The van der Waals surface area contributed by atoms with Gasteiger partial charge in [0.05, 0.1) is 17.0 Å². The van der Waals surface area contributed by atoms with Crippen molar-refractivity contribution < 1.29 is 17.9 Å². The topological polar surface area (TPSA) is 102 Å². The Morgan fingerprint density at radius 1 is 1.27 bits per heavy atom. The monoisotopic (exact) mass is 383 g/mol. The van der Waals surface area contributed by atoms with Crippen molar-refractivity contribution in [3.05, 3.63) is 29.8 Å². The van der Waals surface area contributed by atoms with Crippen LogP contribution in [0.2, 0.25) is 0 Å². The van der Waals surface area contributed by atoms with Gasteiger partial charge in [0.2, 0.25) is 15.9 Å². The molecular weight excluding hydrogens is 354 g/mol. The molecule has 1 aromatic rings. The third-order valence-corrected chi connectivity index (χ3v) is 6.81. The van der Waals surface area contributed by atoms with E-state index in [4.69, 9.17) is 10.5 Å². The van der Waals surface area contributed by atoms with Gasteiger partial charge in [-0.25, -0.2) is 8.42 Å². The molecule has 0 bridgehead atoms. The SMILES string of the molecule is CCN(CC)S(=O)(=O)c1ccc(C(C)NC(=O)[C@@H]2CC[C@H](CN)O2)cc1. The Morgan fingerprint density at radius 2 is 1.88 bits per heavy atom. The zero-order valence-electron chi connectivity index (χ0n) is 15.6. The van der Waals surface area contributed by atoms with E-state index in [9.17, 15) is 13.2 Å². The molecule has 1 heterocycles. The lowest BCUT2D eigenvalue weighted by Gasteiger charge is -2.20. The van der Waals surface area contributed by atoms with Gasteiger partial charge < -0.3 is 15.8 Å². The van der Waals surface area contributed by atoms with Crippen molar-refractivity contribution in [3.63, 3.8) is 0 Å². The molecule has 0 aromatic heterocycles. The maximum Gasteiger partial charge on any atom is 0.249 e. The van der Waals surface area contributed by atoms with Gasteiger partial charge >= 0.3 is 0 Å². The summed E-state index contributed by atoms with van der Waals surface area (Å²) in [5.41, 5.74) is 6.41. The van der Waals surface area contributed by atoms with Crippen LogP contribution < -0.4 is 11.1 Å². The molecule has 0 saturated carbocycles. The minimum Gasteiger partial charge on any atom is -0.364 e. The molecule has 1 unspecified atom stereocenters. The minimum atomic E-state index is -3.47. The summed E-state index contributed by atoms with van der Waals surface area (Å²) in [5, 5.41) is 2.92. The lowest BCUT2D eigenvalue weighted by molar-refractivity contribution is -0.132. The number of benzene rings is 1. The van der Waals surface area contributed by atoms with Crippen molar-refractivity contribution in [2.24, 2.45) is 5.73 Å². The number of sulfonamides is 1. The number of nitrogens with two attached hydrogens (primary N) is 1. The summed E-state index contributed by atoms with van der Waals surface area (Å²) in [6.07, 6.45) is 0.946. The Morgan fingerprint density at radius 3 is 2.38 bits per heavy atom. The molecule has 1 amide bonds. The predicted octanol–water partition coefficient (Wildman–Crippen LogP) is 1.40. The van der Waals surface area contributed by atoms with E-state index in [0.717, 1.165) is 12.0 Å². The molecule has 146 valence electrons. The van der Waals surface area contributed by atoms with Crippen LogP contribution in [0.5, 0.6) is 0 Å². The fourth-order valence-electron chi connectivity index (χ4n) is 3.10. The first kappa shape index (κ1) is 20.8. The van der Waals surface area contributed by atoms with Crippen molar-refractivity contribution >= 4 is 15.9 Å². The van der Waals surface area contributed by atoms with Gasteiger partial charge in [-0.15, -0.1) is 0 Å². The lowest BCUT2D eigenvalue weighted by atomic mass is 10.1. The summed E-state index contributed by atoms with van der Waals surface area (Å²) in [6.45, 7) is 6.76. The second-order valence-corrected chi connectivity index (χ2v) is 8.39. The van der Waals surface area contributed by atoms with Gasteiger partial charge in [-0.3, -0.25) is 4.79 Å². The summed E-state index contributed by atoms with van der Waals surface area (Å²) >= 11 is 0. The highest BCUT2D eigenvalue weighted by Gasteiger charge is 2.30. The highest BCUT2D eigenvalue weighted by Crippen LogP contribution is 2.22. The molecule has 1 saturated heterocycles. The van der Waals surface area contributed by atoms with Gasteiger partial charge in [-0.2, -0.15) is 4.31 Å². The fraction of sp³-hybridized carbons (Fsp3) is 0.611. The van der Waals surface area contributed by atoms with Crippen LogP contribution in [0.25, 0.3) is 0 Å². The molecule has 3 atom stereocenters. The van der Waals surface area contributed by atoms with Crippen molar-refractivity contribution in [1.82, 2.24) is 9.62 Å². The first-order chi connectivity index (χ1) is 12.3. The van der Waals surface area contributed by atoms with Crippen LogP contribution in [-0.4, -0.2) is 50.5 Å². The third-order valence-electron chi connectivity index (χ3n) is 4.74. The molecule has 3 N–H and O–H groups in total. The number of hydrogen-bond acceptors (Lipinski definition) is 5. The Labute approximate surface area is 155 Å². The lowest BCUT2D eigenvalue weighted by Crippen LogP contribution is -2.37. The number of hydrogen-bond donors (Lipinski definition) is 2. The maximum atomic E-state index is 12.5. The molecule has 2 rings (SSSR count). The van der Waals surface area contributed by atoms with Crippen LogP contribution in [0, 0.1) is 0 Å². The highest BCUT2D eigenvalue weighted by molar-refractivity contribution is 7.89. The number of nitrogens with one attached hydrogen (secondary N) is 1. The number of amides is 1. The largest absolute Gasteiger partial charge is 0.364 e. The second kappa shape index (κ2) is 8.94. The summed E-state index contributed by atoms with van der Waals surface area (Å²) in [6, 6.07) is 6.40. The van der Waals surface area contributed by atoms with E-state index in [-0.39, 0.29) is 22.9 Å². The molecule has 1 aliphatic rings. The molecule has 8 heteroatoms. The normalized spacial score (nSPS) is 21.7. The Bertz CT molecular complexity index is 702. The molecule has 7 nitrogen and oxygen atoms in total. The summed E-state index contributed by atoms with van der Waals surface area (Å²) in [4.78, 5) is 12.6. The van der Waals surface area contributed by atoms with Crippen LogP contribution >= 0.6 is 0 Å². The molecular formula is C18H29N3O4S. The first-order valence-corrected chi connectivity index (χ1v) is 10.5. The van der Waals surface area contributed by atoms with Gasteiger partial charge in [-0.1, -0.05) is 26.0 Å². The van der Waals surface area contributed by atoms with Crippen molar-refractivity contribution in [2.75, 3.05) is 19.6 Å². The van der Waals surface area contributed by atoms with Crippen LogP contribution in [-0.2, 0) is 19.6 Å². The molecule has 0 aliphatic carbocycles. The van der Waals surface area contributed by atoms with Crippen LogP contribution in [0.1, 0.15) is 45.2 Å². The van der Waals surface area contributed by atoms with E-state index in [1.807, 2.05) is 20.8 Å². The van der Waals surface area contributed by atoms with Crippen molar-refractivity contribution in [1.29, 1.82) is 0 Å². The quantitative estimate of drug-likeness (QED) is 0.706. The average molecular weight is 384 g/mol. The molecule has 1 aliphatic heterocycles. The number of carbonyl (C=O) groups is 1. The molecule has 26 heavy (non-hydrogen) atoms. The first-order valence-electron chi connectivity index (χ1n) is 9.09. The predicted molar refractivity (Wildman–Crippen MR) is 100 cm³/mol. The maximum absolute atomic E-state index is 12.5. The van der Waals surface area contributed by atoms with Crippen molar-refractivity contribution in [2.45, 2.75) is 56.8 Å². The van der Waals surface area contributed by atoms with E-state index >= 15 is 0 Å². The van der Waals surface area contributed by atoms with Gasteiger partial charge in [0, 0.05) is 19.6 Å². The minimum absolute atomic E-state index is 0.0503. The molecule has 1 fully saturated rings. The Hall–Kier alpha value is -1.48. The highest BCUT2D eigenvalue weighted by atomic mass is 32.2. The van der Waals surface area contributed by atoms with E-state index < -0.39 is 16.1 Å². The molecule has 0 radical (unpaired) electrons. The van der Waals surface area contributed by atoms with E-state index in [1.54, 1.807) is 24.3 Å². The number of rotatable bonds is 8. The average Bonchev–Trinajstić information content (AvgIpc) is 3.12. The number of carbonyl (C=O) groups excluding carboxylic acids is 1. The summed E-state index contributed by atoms with van der Waals surface area (Å²) in [7, 11) is -3.47. The van der Waals surface area contributed by atoms with Gasteiger partial charge in [-0.05, 0) is 37.5 Å². The fourth-order valence-corrected chi connectivity index (χ4v) is 4.56. The van der Waals surface area contributed by atoms with Crippen LogP contribution in [0.4, 0.5) is 0 Å². The standard InChI is InChI=1S/C18H29N3O4S/c1-4-21(5-2)26(23,24)16-9-6-14(7-10-16)13(3)20-18(22)17-11-8-15(12-19)25-17/h6-7,9-10,13,15,17H,4-5,8,11-12,19H2,1-3H3,(H,20,22)/t13?,15-,17+/m1/s1. The van der Waals surface area contributed by atoms with E-state index in [0.29, 0.717) is 26.1 Å². The van der Waals surface area contributed by atoms with Gasteiger partial charge in [0.15, 0.2) is 0 Å². The third kappa shape index (κ3) is 4.62. The molecule has 1 aromatic carbocycles. The van der Waals surface area contributed by atoms with E-state index in [2.05, 4.69) is 5.32 Å². The smallest absolute Gasteiger partial charge is 0.249 e. The van der Waals surface area contributed by atoms with Gasteiger partial charge in [0.25, 0.3) is 0 Å². The molecule has 0 spiro atoms. The van der Waals surface area contributed by atoms with Crippen LogP contribution in [0.3, 0.4) is 0 Å². The second-order valence-electron chi connectivity index (χ2n) is 6.45. The van der Waals surface area contributed by atoms with E-state index in [1.165, 1.54) is 4.31 Å². The number of nitrogens with zero attached hydrogens (tertiary/aromatic N) is 1. The van der Waals surface area contributed by atoms with Crippen molar-refractivity contribution in [3.8, 4) is 0 Å². The summed E-state index contributed by atoms with van der Waals surface area (Å²) < 4.78 is 32.0. The zero-order valence-corrected chi connectivity index (χ0v) is 16.5. The summed E-state index contributed by atoms with van der Waals surface area (Å²) in [5.74, 6) is -0.159. The Kier molecular flexibility index (Phi) is 7.16. The van der Waals surface area contributed by atoms with Gasteiger partial charge in [0.1, 0.15) is 6.10 Å².